The molecule has 2 saturated carbocycles. The van der Waals surface area contributed by atoms with Crippen molar-refractivity contribution in [1.82, 2.24) is 5.32 Å². The molecule has 2 aliphatic carbocycles. The number of phenols is 1. The number of benzene rings is 2. The number of aliphatic hydroxyl groups is 5. The number of aromatic hydroxyl groups is 1. The van der Waals surface area contributed by atoms with Crippen LogP contribution in [0.25, 0.3) is 6.08 Å². The van der Waals surface area contributed by atoms with E-state index in [1.165, 1.54) is 23.8 Å². The number of ether oxygens (including phenoxy) is 3. The number of aliphatic hydroxyl groups excluding tert-OH is 5. The van der Waals surface area contributed by atoms with Gasteiger partial charge < -0.3 is 50.2 Å². The fourth-order valence-corrected chi connectivity index (χ4v) is 7.10. The molecule has 3 fully saturated rings. The molecule has 10 atom stereocenters. The van der Waals surface area contributed by atoms with Gasteiger partial charge in [-0.2, -0.15) is 0 Å². The summed E-state index contributed by atoms with van der Waals surface area (Å²) in [7, 11) is 0. The molecule has 1 heterocycles. The van der Waals surface area contributed by atoms with Crippen molar-refractivity contribution in [3.05, 3.63) is 76.4 Å². The molecule has 5 rings (SSSR count). The van der Waals surface area contributed by atoms with Gasteiger partial charge >= 0.3 is 0 Å². The van der Waals surface area contributed by atoms with E-state index in [2.05, 4.69) is 38.2 Å². The summed E-state index contributed by atoms with van der Waals surface area (Å²) in [6, 6.07) is 11.7. The van der Waals surface area contributed by atoms with Crippen LogP contribution in [-0.2, 0) is 26.3 Å². The van der Waals surface area contributed by atoms with E-state index in [1.807, 2.05) is 12.1 Å². The molecular formula is C38H51NO10. The summed E-state index contributed by atoms with van der Waals surface area (Å²) in [4.78, 5) is 13.0. The van der Waals surface area contributed by atoms with E-state index in [9.17, 15) is 35.4 Å². The average Bonchev–Trinajstić information content (AvgIpc) is 3.66. The van der Waals surface area contributed by atoms with Crippen LogP contribution in [0.4, 0.5) is 0 Å². The Bertz CT molecular complexity index is 1520. The van der Waals surface area contributed by atoms with Crippen molar-refractivity contribution < 1.29 is 49.6 Å². The van der Waals surface area contributed by atoms with Gasteiger partial charge in [-0.25, -0.2) is 0 Å². The third kappa shape index (κ3) is 8.37. The fraction of sp³-hybridized carbons (Fsp3) is 0.553. The summed E-state index contributed by atoms with van der Waals surface area (Å²) in [6.07, 6.45) is -2.40. The van der Waals surface area contributed by atoms with E-state index in [0.29, 0.717) is 17.7 Å². The highest BCUT2D eigenvalue weighted by atomic mass is 16.7. The number of hydrogen-bond donors (Lipinski definition) is 7. The summed E-state index contributed by atoms with van der Waals surface area (Å²) < 4.78 is 17.4. The third-order valence-corrected chi connectivity index (χ3v) is 10.1. The average molecular weight is 682 g/mol. The molecule has 0 aromatic heterocycles. The molecule has 49 heavy (non-hydrogen) atoms. The summed E-state index contributed by atoms with van der Waals surface area (Å²) in [6.45, 7) is 10.5. The molecule has 1 saturated heterocycles. The van der Waals surface area contributed by atoms with Gasteiger partial charge in [-0.15, -0.1) is 0 Å². The molecular weight excluding hydrogens is 630 g/mol. The first-order chi connectivity index (χ1) is 23.1. The van der Waals surface area contributed by atoms with Gasteiger partial charge in [-0.05, 0) is 84.4 Å². The normalized spacial score (nSPS) is 32.2. The van der Waals surface area contributed by atoms with Crippen LogP contribution in [0.15, 0.2) is 59.7 Å². The van der Waals surface area contributed by atoms with E-state index >= 15 is 0 Å². The zero-order chi connectivity index (χ0) is 35.6. The van der Waals surface area contributed by atoms with Gasteiger partial charge in [0.1, 0.15) is 24.4 Å². The molecule has 1 aliphatic heterocycles. The van der Waals surface area contributed by atoms with Crippen LogP contribution >= 0.6 is 0 Å². The standard InChI is InChI=1S/C38H51NO10/c1-20(15-16-47-19-22-9-12-24(13-10-22)38(3,4)5)35-33(44)34(45)37(49-35)48-28-14-11-23(18-27(28)40)17-21(2)36(46)39-29-30(41)25-7-6-8-26(25)31(42)32(29)43/h9-15,17-18,25-26,29-35,37,40-45H,6-8,16,19H2,1-5H3,(H,39,46)/b20-15+,21-17+/t25-,26+,29+,30+,31+,32+,33+,34+,35-,37-/m1/s1. The van der Waals surface area contributed by atoms with Crippen LogP contribution in [0.2, 0.25) is 0 Å². The number of carbonyl (C=O) groups excluding carboxylic acids is 1. The Balaban J connectivity index is 1.14. The van der Waals surface area contributed by atoms with Gasteiger partial charge in [0, 0.05) is 5.57 Å². The third-order valence-electron chi connectivity index (χ3n) is 10.1. The molecule has 11 heteroatoms. The Labute approximate surface area is 287 Å². The molecule has 268 valence electrons. The lowest BCUT2D eigenvalue weighted by atomic mass is 9.73. The number of nitrogens with one attached hydrogen (secondary N) is 1. The predicted octanol–water partition coefficient (Wildman–Crippen LogP) is 3.08. The van der Waals surface area contributed by atoms with E-state index in [1.54, 1.807) is 26.0 Å². The molecule has 0 unspecified atom stereocenters. The zero-order valence-corrected chi connectivity index (χ0v) is 28.8. The number of hydrogen-bond acceptors (Lipinski definition) is 10. The number of carbonyl (C=O) groups is 1. The number of fused-ring (bicyclic) bond motifs is 1. The summed E-state index contributed by atoms with van der Waals surface area (Å²) in [5.41, 5.74) is 3.74. The summed E-state index contributed by atoms with van der Waals surface area (Å²) in [5.74, 6) is -1.17. The smallest absolute Gasteiger partial charge is 0.247 e. The SMILES string of the molecule is C/C(=C\c1ccc(O[C@@H]2O[C@H](/C(C)=C/COCc3ccc(C(C)(C)C)cc3)[C@@H](O)[C@@H]2O)c(O)c1)C(=O)N[C@@H]1[C@H](O)[C@@H](O)[C@H]2CCC[C@H]2[C@@H]1O. The lowest BCUT2D eigenvalue weighted by molar-refractivity contribution is -0.139. The zero-order valence-electron chi connectivity index (χ0n) is 28.8. The molecule has 0 bridgehead atoms. The van der Waals surface area contributed by atoms with Crippen molar-refractivity contribution in [3.63, 3.8) is 0 Å². The Kier molecular flexibility index (Phi) is 11.5. The van der Waals surface area contributed by atoms with Gasteiger partial charge in [0.05, 0.1) is 31.5 Å². The van der Waals surface area contributed by atoms with Gasteiger partial charge in [-0.3, -0.25) is 4.79 Å². The minimum absolute atomic E-state index is 0.00663. The van der Waals surface area contributed by atoms with Gasteiger partial charge in [0.25, 0.3) is 0 Å². The molecule has 0 spiro atoms. The number of amides is 1. The highest BCUT2D eigenvalue weighted by molar-refractivity contribution is 5.97. The second-order valence-corrected chi connectivity index (χ2v) is 14.7. The Morgan fingerprint density at radius 2 is 1.59 bits per heavy atom. The Hall–Kier alpha value is -3.29. The van der Waals surface area contributed by atoms with Gasteiger partial charge in [0.2, 0.25) is 12.2 Å². The highest BCUT2D eigenvalue weighted by Gasteiger charge is 2.51. The fourth-order valence-electron chi connectivity index (χ4n) is 7.10. The maximum atomic E-state index is 13.0. The lowest BCUT2D eigenvalue weighted by Gasteiger charge is -2.43. The highest BCUT2D eigenvalue weighted by Crippen LogP contribution is 2.43. The lowest BCUT2D eigenvalue weighted by Crippen LogP contribution is -2.63. The first kappa shape index (κ1) is 37.0. The number of phenolic OH excluding ortho intramolecular Hbond substituents is 1. The maximum Gasteiger partial charge on any atom is 0.247 e. The van der Waals surface area contributed by atoms with Crippen LogP contribution in [0.5, 0.6) is 11.5 Å². The minimum atomic E-state index is -1.39. The van der Waals surface area contributed by atoms with Crippen molar-refractivity contribution in [1.29, 1.82) is 0 Å². The largest absolute Gasteiger partial charge is 0.504 e. The van der Waals surface area contributed by atoms with Crippen molar-refractivity contribution in [2.24, 2.45) is 11.8 Å². The Morgan fingerprint density at radius 1 is 0.918 bits per heavy atom. The molecule has 0 radical (unpaired) electrons. The first-order valence-electron chi connectivity index (χ1n) is 17.0. The van der Waals surface area contributed by atoms with Crippen LogP contribution < -0.4 is 10.1 Å². The topological polar surface area (TPSA) is 178 Å². The first-order valence-corrected chi connectivity index (χ1v) is 17.0. The molecule has 2 aromatic rings. The van der Waals surface area contributed by atoms with Crippen LogP contribution in [-0.4, -0.2) is 92.1 Å². The molecule has 3 aliphatic rings. The van der Waals surface area contributed by atoms with E-state index in [4.69, 9.17) is 14.2 Å². The minimum Gasteiger partial charge on any atom is -0.504 e. The van der Waals surface area contributed by atoms with Crippen LogP contribution in [0, 0.1) is 11.8 Å². The molecule has 2 aromatic carbocycles. The van der Waals surface area contributed by atoms with Gasteiger partial charge in [-0.1, -0.05) is 63.6 Å². The van der Waals surface area contributed by atoms with Crippen molar-refractivity contribution in [3.8, 4) is 11.5 Å². The van der Waals surface area contributed by atoms with Crippen LogP contribution in [0.1, 0.15) is 70.6 Å². The van der Waals surface area contributed by atoms with E-state index in [-0.39, 0.29) is 40.9 Å². The monoisotopic (exact) mass is 681 g/mol. The van der Waals surface area contributed by atoms with Gasteiger partial charge in [0.15, 0.2) is 11.5 Å². The van der Waals surface area contributed by atoms with E-state index in [0.717, 1.165) is 24.8 Å². The second-order valence-electron chi connectivity index (χ2n) is 14.7. The summed E-state index contributed by atoms with van der Waals surface area (Å²) in [5, 5.41) is 66.7. The Morgan fingerprint density at radius 3 is 2.24 bits per heavy atom. The van der Waals surface area contributed by atoms with Crippen LogP contribution in [0.3, 0.4) is 0 Å². The van der Waals surface area contributed by atoms with Crippen molar-refractivity contribution in [2.45, 2.75) is 115 Å². The molecule has 7 N–H and O–H groups in total. The maximum absolute atomic E-state index is 13.0. The summed E-state index contributed by atoms with van der Waals surface area (Å²) >= 11 is 0. The van der Waals surface area contributed by atoms with Crippen molar-refractivity contribution >= 4 is 12.0 Å². The predicted molar refractivity (Wildman–Crippen MR) is 182 cm³/mol. The molecule has 1 amide bonds. The molecule has 11 nitrogen and oxygen atoms in total. The second kappa shape index (κ2) is 15.3. The quantitative estimate of drug-likeness (QED) is 0.112. The van der Waals surface area contributed by atoms with E-state index < -0.39 is 54.9 Å². The number of rotatable bonds is 10. The van der Waals surface area contributed by atoms with Crippen molar-refractivity contribution in [2.75, 3.05) is 6.61 Å².